The van der Waals surface area contributed by atoms with Gasteiger partial charge in [0.1, 0.15) is 0 Å². The van der Waals surface area contributed by atoms with Crippen LogP contribution in [0.15, 0.2) is 24.4 Å². The van der Waals surface area contributed by atoms with E-state index in [1.54, 1.807) is 10.5 Å². The Morgan fingerprint density at radius 2 is 2.00 bits per heavy atom. The highest BCUT2D eigenvalue weighted by atomic mass is 32.2. The molecule has 1 aromatic rings. The van der Waals surface area contributed by atoms with Gasteiger partial charge in [0.05, 0.1) is 24.2 Å². The Morgan fingerprint density at radius 3 is 2.57 bits per heavy atom. The number of ether oxygens (including phenoxy) is 1. The van der Waals surface area contributed by atoms with Crippen LogP contribution >= 0.6 is 0 Å². The predicted molar refractivity (Wildman–Crippen MR) is 101 cm³/mol. The molecule has 4 rings (SSSR count). The summed E-state index contributed by atoms with van der Waals surface area (Å²) in [5.74, 6) is -2.30. The van der Waals surface area contributed by atoms with E-state index in [9.17, 15) is 21.6 Å². The fourth-order valence-corrected chi connectivity index (χ4v) is 6.19. The highest BCUT2D eigenvalue weighted by Gasteiger charge is 2.54. The molecule has 2 saturated carbocycles. The molecule has 1 aliphatic heterocycles. The van der Waals surface area contributed by atoms with Crippen molar-refractivity contribution >= 4 is 16.0 Å². The Hall–Kier alpha value is -1.72. The summed E-state index contributed by atoms with van der Waals surface area (Å²) in [5.41, 5.74) is 0.954. The molecule has 11 heteroatoms. The van der Waals surface area contributed by atoms with Crippen LogP contribution in [0.1, 0.15) is 37.8 Å². The summed E-state index contributed by atoms with van der Waals surface area (Å²) in [7, 11) is -3.06. The van der Waals surface area contributed by atoms with Crippen LogP contribution in [-0.4, -0.2) is 59.9 Å². The highest BCUT2D eigenvalue weighted by Crippen LogP contribution is 2.50. The second-order valence-electron chi connectivity index (χ2n) is 8.11. The molecule has 2 atom stereocenters. The summed E-state index contributed by atoms with van der Waals surface area (Å²) in [5, 5.41) is 7.02. The lowest BCUT2D eigenvalue weighted by Gasteiger charge is -2.28. The lowest BCUT2D eigenvalue weighted by molar-refractivity contribution is -0.192. The summed E-state index contributed by atoms with van der Waals surface area (Å²) in [6, 6.07) is 5.82. The van der Waals surface area contributed by atoms with E-state index in [4.69, 9.17) is 14.6 Å². The zero-order chi connectivity index (χ0) is 22.0. The molecule has 2 heterocycles. The second-order valence-corrected chi connectivity index (χ2v) is 10.3. The third-order valence-electron chi connectivity index (χ3n) is 5.92. The second kappa shape index (κ2) is 8.80. The Balaban J connectivity index is 0.000000318. The third-order valence-corrected chi connectivity index (χ3v) is 8.23. The number of halogens is 3. The number of aliphatic carboxylic acids is 1. The molecule has 0 bridgehead atoms. The number of carbonyl (C=O) groups is 1. The van der Waals surface area contributed by atoms with Gasteiger partial charge in [0.2, 0.25) is 10.0 Å². The topological polar surface area (TPSA) is 96.8 Å². The van der Waals surface area contributed by atoms with E-state index in [2.05, 4.69) is 4.98 Å². The number of alkyl halides is 3. The molecular weight excluding hydrogens is 425 g/mol. The van der Waals surface area contributed by atoms with Gasteiger partial charge < -0.3 is 9.84 Å². The van der Waals surface area contributed by atoms with Crippen LogP contribution in [0.2, 0.25) is 0 Å². The molecule has 3 aliphatic rings. The SMILES string of the molecule is O=C(O)C(F)(F)F.O=S(=O)(C1CC1)N1C[C@H]2CCC[C@@]2(COCc2ccccn2)C1. The van der Waals surface area contributed by atoms with Crippen molar-refractivity contribution in [3.8, 4) is 0 Å². The Bertz CT molecular complexity index is 845. The number of carboxylic acid groups (broad SMARTS) is 1. The first-order valence-corrected chi connectivity index (χ1v) is 11.3. The lowest BCUT2D eigenvalue weighted by atomic mass is 9.82. The van der Waals surface area contributed by atoms with Gasteiger partial charge in [-0.15, -0.1) is 0 Å². The van der Waals surface area contributed by atoms with E-state index in [-0.39, 0.29) is 10.7 Å². The van der Waals surface area contributed by atoms with Crippen LogP contribution in [0.25, 0.3) is 0 Å². The first kappa shape index (κ1) is 23.0. The van der Waals surface area contributed by atoms with Crippen LogP contribution in [0.4, 0.5) is 13.2 Å². The molecule has 30 heavy (non-hydrogen) atoms. The smallest absolute Gasteiger partial charge is 0.475 e. The van der Waals surface area contributed by atoms with E-state index in [1.807, 2.05) is 18.2 Å². The summed E-state index contributed by atoms with van der Waals surface area (Å²) >= 11 is 0. The van der Waals surface area contributed by atoms with E-state index >= 15 is 0 Å². The van der Waals surface area contributed by atoms with Crippen LogP contribution in [0.5, 0.6) is 0 Å². The third kappa shape index (κ3) is 5.30. The van der Waals surface area contributed by atoms with Crippen molar-refractivity contribution in [1.82, 2.24) is 9.29 Å². The largest absolute Gasteiger partial charge is 0.490 e. The number of hydrogen-bond acceptors (Lipinski definition) is 5. The molecule has 3 fully saturated rings. The quantitative estimate of drug-likeness (QED) is 0.716. The van der Waals surface area contributed by atoms with Crippen LogP contribution < -0.4 is 0 Å². The van der Waals surface area contributed by atoms with Gasteiger partial charge in [0.15, 0.2) is 0 Å². The van der Waals surface area contributed by atoms with Gasteiger partial charge >= 0.3 is 12.1 Å². The normalized spacial score (nSPS) is 26.7. The average molecular weight is 450 g/mol. The fourth-order valence-electron chi connectivity index (χ4n) is 4.21. The maximum absolute atomic E-state index is 12.5. The summed E-state index contributed by atoms with van der Waals surface area (Å²) in [6.07, 6.45) is 1.77. The number of fused-ring (bicyclic) bond motifs is 1. The van der Waals surface area contributed by atoms with Crippen molar-refractivity contribution in [3.05, 3.63) is 30.1 Å². The van der Waals surface area contributed by atoms with Gasteiger partial charge in [-0.1, -0.05) is 12.5 Å². The molecule has 0 unspecified atom stereocenters. The van der Waals surface area contributed by atoms with Gasteiger partial charge in [-0.05, 0) is 43.7 Å². The van der Waals surface area contributed by atoms with E-state index in [0.717, 1.165) is 31.4 Å². The number of sulfonamides is 1. The molecule has 168 valence electrons. The molecule has 2 aliphatic carbocycles. The predicted octanol–water partition coefficient (Wildman–Crippen LogP) is 2.83. The minimum Gasteiger partial charge on any atom is -0.475 e. The van der Waals surface area contributed by atoms with Crippen LogP contribution in [0, 0.1) is 11.3 Å². The van der Waals surface area contributed by atoms with Crippen LogP contribution in [-0.2, 0) is 26.2 Å². The first-order chi connectivity index (χ1) is 14.0. The minimum absolute atomic E-state index is 0.0245. The maximum Gasteiger partial charge on any atom is 0.490 e. The number of pyridine rings is 1. The molecule has 0 amide bonds. The van der Waals surface area contributed by atoms with Crippen molar-refractivity contribution in [2.24, 2.45) is 11.3 Å². The van der Waals surface area contributed by atoms with Crippen molar-refractivity contribution in [3.63, 3.8) is 0 Å². The van der Waals surface area contributed by atoms with Gasteiger partial charge in [-0.25, -0.2) is 17.5 Å². The molecule has 1 N–H and O–H groups in total. The molecule has 7 nitrogen and oxygen atoms in total. The molecule has 1 saturated heterocycles. The maximum atomic E-state index is 12.5. The number of carboxylic acids is 1. The van der Waals surface area contributed by atoms with Gasteiger partial charge in [0.25, 0.3) is 0 Å². The van der Waals surface area contributed by atoms with E-state index in [0.29, 0.717) is 32.2 Å². The lowest BCUT2D eigenvalue weighted by Crippen LogP contribution is -2.36. The van der Waals surface area contributed by atoms with Crippen molar-refractivity contribution < 1.29 is 36.2 Å². The van der Waals surface area contributed by atoms with Crippen molar-refractivity contribution in [2.75, 3.05) is 19.7 Å². The Morgan fingerprint density at radius 1 is 1.30 bits per heavy atom. The first-order valence-electron chi connectivity index (χ1n) is 9.81. The number of aromatic nitrogens is 1. The van der Waals surface area contributed by atoms with Crippen LogP contribution in [0.3, 0.4) is 0 Å². The van der Waals surface area contributed by atoms with Crippen molar-refractivity contribution in [1.29, 1.82) is 0 Å². The average Bonchev–Trinajstić information content (AvgIpc) is 3.37. The molecule has 0 radical (unpaired) electrons. The zero-order valence-electron chi connectivity index (χ0n) is 16.3. The van der Waals surface area contributed by atoms with E-state index < -0.39 is 22.2 Å². The molecule has 1 aromatic heterocycles. The monoisotopic (exact) mass is 450 g/mol. The van der Waals surface area contributed by atoms with Gasteiger partial charge in [-0.3, -0.25) is 4.98 Å². The van der Waals surface area contributed by atoms with Gasteiger partial charge in [-0.2, -0.15) is 13.2 Å². The number of rotatable bonds is 6. The Labute approximate surface area is 173 Å². The zero-order valence-corrected chi connectivity index (χ0v) is 17.2. The number of nitrogens with zero attached hydrogens (tertiary/aromatic N) is 2. The molecular formula is C19H25F3N2O5S. The number of hydrogen-bond donors (Lipinski definition) is 1. The van der Waals surface area contributed by atoms with Gasteiger partial charge in [0, 0.05) is 24.7 Å². The minimum atomic E-state index is -5.08. The molecule has 0 aromatic carbocycles. The Kier molecular flexibility index (Phi) is 6.73. The summed E-state index contributed by atoms with van der Waals surface area (Å²) < 4.78 is 64.5. The highest BCUT2D eigenvalue weighted by molar-refractivity contribution is 7.90. The van der Waals surface area contributed by atoms with E-state index in [1.165, 1.54) is 6.42 Å². The summed E-state index contributed by atoms with van der Waals surface area (Å²) in [4.78, 5) is 13.2. The standard InChI is InChI=1S/C17H24N2O3S.C2HF3O2/c20-23(21,16-6-7-16)19-10-14-4-3-8-17(14,12-19)13-22-11-15-5-1-2-9-18-15;3-2(4,5)1(6)7/h1-2,5,9,14,16H,3-4,6-8,10-13H2;(H,6,7)/t14-,17+;/m1./s1. The van der Waals surface area contributed by atoms with Crippen molar-refractivity contribution in [2.45, 2.75) is 50.1 Å². The summed E-state index contributed by atoms with van der Waals surface area (Å²) in [6.45, 7) is 2.50. The fraction of sp³-hybridized carbons (Fsp3) is 0.684. The molecule has 0 spiro atoms.